The van der Waals surface area contributed by atoms with Gasteiger partial charge in [-0.3, -0.25) is 9.59 Å². The number of aromatic nitrogens is 1. The Labute approximate surface area is 204 Å². The molecular weight excluding hydrogens is 448 g/mol. The molecule has 8 nitrogen and oxygen atoms in total. The number of benzene rings is 2. The van der Waals surface area contributed by atoms with E-state index in [4.69, 9.17) is 14.2 Å². The Morgan fingerprint density at radius 3 is 1.97 bits per heavy atom. The summed E-state index contributed by atoms with van der Waals surface area (Å²) in [5.74, 6) is -2.11. The second-order valence-corrected chi connectivity index (χ2v) is 7.92. The van der Waals surface area contributed by atoms with E-state index in [1.165, 1.54) is 33.2 Å². The van der Waals surface area contributed by atoms with Gasteiger partial charge in [0, 0.05) is 25.1 Å². The number of rotatable bonds is 9. The largest absolute Gasteiger partial charge is 0.493 e. The fourth-order valence-corrected chi connectivity index (χ4v) is 3.73. The fraction of sp³-hybridized carbons (Fsp3) is 0.259. The van der Waals surface area contributed by atoms with Gasteiger partial charge in [-0.1, -0.05) is 60.7 Å². The maximum atomic E-state index is 12.9. The zero-order chi connectivity index (χ0) is 25.4. The predicted octanol–water partition coefficient (Wildman–Crippen LogP) is 3.90. The molecule has 0 aliphatic heterocycles. The third-order valence-electron chi connectivity index (χ3n) is 5.34. The number of hydrogen-bond donors (Lipinski definition) is 1. The number of nitrogens with one attached hydrogen (secondary N) is 1. The number of carbonyl (C=O) groups excluding carboxylic acids is 3. The van der Waals surface area contributed by atoms with Crippen molar-refractivity contribution in [3.63, 3.8) is 0 Å². The molecule has 1 heterocycles. The summed E-state index contributed by atoms with van der Waals surface area (Å²) in [5, 5.41) is 2.56. The summed E-state index contributed by atoms with van der Waals surface area (Å²) in [6.45, 7) is 4.53. The summed E-state index contributed by atoms with van der Waals surface area (Å²) in [5.41, 5.74) is 1.82. The Bertz CT molecular complexity index is 1130. The van der Waals surface area contributed by atoms with Crippen LogP contribution in [0.3, 0.4) is 0 Å². The van der Waals surface area contributed by atoms with Gasteiger partial charge in [0.05, 0.1) is 7.11 Å². The summed E-state index contributed by atoms with van der Waals surface area (Å²) in [4.78, 5) is 41.3. The lowest BCUT2D eigenvalue weighted by atomic mass is 9.87. The van der Waals surface area contributed by atoms with E-state index in [1.807, 2.05) is 67.6 Å². The Balaban J connectivity index is 1.75. The minimum Gasteiger partial charge on any atom is -0.493 e. The molecule has 182 valence electrons. The normalized spacial score (nSPS) is 12.4. The van der Waals surface area contributed by atoms with Crippen molar-refractivity contribution in [1.82, 2.24) is 10.3 Å². The van der Waals surface area contributed by atoms with Gasteiger partial charge in [0.1, 0.15) is 12.1 Å². The van der Waals surface area contributed by atoms with Gasteiger partial charge in [0.15, 0.2) is 11.4 Å². The third kappa shape index (κ3) is 6.44. The van der Waals surface area contributed by atoms with Crippen LogP contribution in [0, 0.1) is 0 Å². The highest BCUT2D eigenvalue weighted by Gasteiger charge is 2.29. The Hall–Kier alpha value is -4.20. The fourth-order valence-electron chi connectivity index (χ4n) is 3.73. The molecule has 3 aromatic rings. The molecule has 0 aliphatic rings. The number of nitrogens with zero attached hydrogens (tertiary/aromatic N) is 1. The van der Waals surface area contributed by atoms with Crippen LogP contribution >= 0.6 is 0 Å². The molecule has 0 aliphatic carbocycles. The molecule has 0 spiro atoms. The maximum Gasteiger partial charge on any atom is 0.328 e. The molecule has 1 N–H and O–H groups in total. The van der Waals surface area contributed by atoms with Gasteiger partial charge < -0.3 is 19.5 Å². The second-order valence-electron chi connectivity index (χ2n) is 7.92. The van der Waals surface area contributed by atoms with Gasteiger partial charge in [-0.25, -0.2) is 9.78 Å². The summed E-state index contributed by atoms with van der Waals surface area (Å²) in [7, 11) is 1.38. The van der Waals surface area contributed by atoms with Gasteiger partial charge >= 0.3 is 11.9 Å². The number of esters is 2. The summed E-state index contributed by atoms with van der Waals surface area (Å²) >= 11 is 0. The van der Waals surface area contributed by atoms with Gasteiger partial charge in [0.25, 0.3) is 5.91 Å². The minimum atomic E-state index is -0.990. The van der Waals surface area contributed by atoms with E-state index in [-0.39, 0.29) is 23.1 Å². The van der Waals surface area contributed by atoms with Crippen molar-refractivity contribution in [2.75, 3.05) is 7.11 Å². The van der Waals surface area contributed by atoms with Gasteiger partial charge in [-0.15, -0.1) is 0 Å². The maximum absolute atomic E-state index is 12.9. The molecule has 0 fully saturated rings. The lowest BCUT2D eigenvalue weighted by Crippen LogP contribution is -2.41. The number of amides is 1. The summed E-state index contributed by atoms with van der Waals surface area (Å²) in [6, 6.07) is 20.0. The van der Waals surface area contributed by atoms with Crippen LogP contribution in [-0.2, 0) is 14.3 Å². The second kappa shape index (κ2) is 11.8. The highest BCUT2D eigenvalue weighted by Crippen LogP contribution is 2.31. The van der Waals surface area contributed by atoms with E-state index < -0.39 is 30.0 Å². The zero-order valence-electron chi connectivity index (χ0n) is 20.1. The first-order chi connectivity index (χ1) is 16.8. The van der Waals surface area contributed by atoms with E-state index >= 15 is 0 Å². The first-order valence-electron chi connectivity index (χ1n) is 11.1. The van der Waals surface area contributed by atoms with E-state index in [0.717, 1.165) is 11.1 Å². The van der Waals surface area contributed by atoms with Crippen LogP contribution < -0.4 is 14.8 Å². The number of hydrogen-bond acceptors (Lipinski definition) is 7. The van der Waals surface area contributed by atoms with Crippen molar-refractivity contribution < 1.29 is 28.6 Å². The van der Waals surface area contributed by atoms with Crippen LogP contribution in [0.2, 0.25) is 0 Å². The van der Waals surface area contributed by atoms with Crippen molar-refractivity contribution in [3.05, 3.63) is 89.7 Å². The number of pyridine rings is 1. The highest BCUT2D eigenvalue weighted by molar-refractivity contribution is 5.98. The lowest BCUT2D eigenvalue weighted by molar-refractivity contribution is -0.150. The highest BCUT2D eigenvalue weighted by atomic mass is 16.6. The first kappa shape index (κ1) is 25.4. The Kier molecular flexibility index (Phi) is 8.56. The SMILES string of the molecule is COc1ccnc(C(=O)NC(C)C(=O)OC(C)C(c2ccccc2)c2ccccc2)c1OC(C)=O. The van der Waals surface area contributed by atoms with Crippen molar-refractivity contribution in [2.24, 2.45) is 0 Å². The lowest BCUT2D eigenvalue weighted by Gasteiger charge is -2.26. The van der Waals surface area contributed by atoms with E-state index in [2.05, 4.69) is 10.3 Å². The van der Waals surface area contributed by atoms with Crippen molar-refractivity contribution in [2.45, 2.75) is 38.8 Å². The molecule has 0 saturated carbocycles. The Morgan fingerprint density at radius 2 is 1.46 bits per heavy atom. The zero-order valence-corrected chi connectivity index (χ0v) is 20.1. The van der Waals surface area contributed by atoms with Crippen LogP contribution in [0.1, 0.15) is 48.3 Å². The number of methoxy groups -OCH3 is 1. The average Bonchev–Trinajstić information content (AvgIpc) is 2.85. The molecule has 1 amide bonds. The van der Waals surface area contributed by atoms with Crippen LogP contribution in [0.4, 0.5) is 0 Å². The summed E-state index contributed by atoms with van der Waals surface area (Å²) < 4.78 is 16.1. The monoisotopic (exact) mass is 476 g/mol. The van der Waals surface area contributed by atoms with Gasteiger partial charge in [0.2, 0.25) is 5.75 Å². The van der Waals surface area contributed by atoms with Gasteiger partial charge in [-0.2, -0.15) is 0 Å². The quantitative estimate of drug-likeness (QED) is 0.467. The summed E-state index contributed by atoms with van der Waals surface area (Å²) in [6.07, 6.45) is 0.828. The van der Waals surface area contributed by atoms with Crippen molar-refractivity contribution in [1.29, 1.82) is 0 Å². The van der Waals surface area contributed by atoms with Crippen LogP contribution in [0.5, 0.6) is 11.5 Å². The molecule has 35 heavy (non-hydrogen) atoms. The van der Waals surface area contributed by atoms with Crippen LogP contribution in [0.25, 0.3) is 0 Å². The third-order valence-corrected chi connectivity index (χ3v) is 5.34. The van der Waals surface area contributed by atoms with Gasteiger partial charge in [-0.05, 0) is 25.0 Å². The van der Waals surface area contributed by atoms with Crippen molar-refractivity contribution in [3.8, 4) is 11.5 Å². The molecule has 0 radical (unpaired) electrons. The molecular formula is C27H28N2O6. The molecule has 0 bridgehead atoms. The molecule has 8 heteroatoms. The first-order valence-corrected chi connectivity index (χ1v) is 11.1. The van der Waals surface area contributed by atoms with E-state index in [1.54, 1.807) is 0 Å². The van der Waals surface area contributed by atoms with E-state index in [0.29, 0.717) is 0 Å². The number of carbonyl (C=O) groups is 3. The average molecular weight is 477 g/mol. The molecule has 0 saturated heterocycles. The molecule has 3 rings (SSSR count). The van der Waals surface area contributed by atoms with E-state index in [9.17, 15) is 14.4 Å². The Morgan fingerprint density at radius 1 is 0.886 bits per heavy atom. The van der Waals surface area contributed by atoms with Crippen LogP contribution in [0.15, 0.2) is 72.9 Å². The number of ether oxygens (including phenoxy) is 3. The van der Waals surface area contributed by atoms with Crippen molar-refractivity contribution >= 4 is 17.8 Å². The molecule has 2 unspecified atom stereocenters. The molecule has 2 aromatic carbocycles. The smallest absolute Gasteiger partial charge is 0.328 e. The molecule has 1 aromatic heterocycles. The predicted molar refractivity (Wildman–Crippen MR) is 129 cm³/mol. The standard InChI is InChI=1S/C27H28N2O6/c1-17(29-26(31)24-25(35-19(3)30)22(33-4)15-16-28-24)27(32)34-18(2)23(20-11-7-5-8-12-20)21-13-9-6-10-14-21/h5-18,23H,1-4H3,(H,29,31). The molecule has 2 atom stereocenters. The minimum absolute atomic E-state index is 0.123. The topological polar surface area (TPSA) is 104 Å². The van der Waals surface area contributed by atoms with Crippen LogP contribution in [-0.4, -0.2) is 42.1 Å².